The van der Waals surface area contributed by atoms with Gasteiger partial charge >= 0.3 is 0 Å². The standard InChI is InChI=1S/C11H15FN2O2/c12-10-5-2-1-4-9(10)8-16-7-3-6-11(13)14-15/h1-2,4-5,15H,3,6-8H2,(H2,13,14). The predicted octanol–water partition coefficient (Wildman–Crippen LogP) is 1.87. The highest BCUT2D eigenvalue weighted by Crippen LogP contribution is 2.07. The third kappa shape index (κ3) is 4.27. The first-order valence-electron chi connectivity index (χ1n) is 5.01. The lowest BCUT2D eigenvalue weighted by Gasteiger charge is -2.04. The largest absolute Gasteiger partial charge is 0.409 e. The summed E-state index contributed by atoms with van der Waals surface area (Å²) in [7, 11) is 0. The van der Waals surface area contributed by atoms with Gasteiger partial charge in [0.05, 0.1) is 6.61 Å². The number of benzene rings is 1. The summed E-state index contributed by atoms with van der Waals surface area (Å²) in [5.41, 5.74) is 5.81. The van der Waals surface area contributed by atoms with Crippen molar-refractivity contribution in [3.05, 3.63) is 35.6 Å². The van der Waals surface area contributed by atoms with E-state index in [1.807, 2.05) is 0 Å². The van der Waals surface area contributed by atoms with Gasteiger partial charge in [-0.3, -0.25) is 0 Å². The Balaban J connectivity index is 2.19. The van der Waals surface area contributed by atoms with Gasteiger partial charge in [0, 0.05) is 18.6 Å². The molecule has 3 N–H and O–H groups in total. The third-order valence-corrected chi connectivity index (χ3v) is 2.07. The van der Waals surface area contributed by atoms with Gasteiger partial charge in [-0.2, -0.15) is 0 Å². The molecule has 5 heteroatoms. The van der Waals surface area contributed by atoms with E-state index in [-0.39, 0.29) is 18.3 Å². The molecule has 0 atom stereocenters. The molecule has 88 valence electrons. The Hall–Kier alpha value is -1.62. The number of nitrogens with zero attached hydrogens (tertiary/aromatic N) is 1. The van der Waals surface area contributed by atoms with Gasteiger partial charge in [-0.1, -0.05) is 23.4 Å². The number of nitrogens with two attached hydrogens (primary N) is 1. The zero-order valence-electron chi connectivity index (χ0n) is 8.90. The number of rotatable bonds is 6. The summed E-state index contributed by atoms with van der Waals surface area (Å²) in [5.74, 6) is -0.0894. The maximum absolute atomic E-state index is 13.1. The van der Waals surface area contributed by atoms with Gasteiger partial charge < -0.3 is 15.7 Å². The number of halogens is 1. The van der Waals surface area contributed by atoms with Crippen LogP contribution in [0.1, 0.15) is 18.4 Å². The van der Waals surface area contributed by atoms with Crippen molar-refractivity contribution < 1.29 is 14.3 Å². The fourth-order valence-corrected chi connectivity index (χ4v) is 1.20. The van der Waals surface area contributed by atoms with Gasteiger partial charge in [-0.05, 0) is 12.5 Å². The average Bonchev–Trinajstić information content (AvgIpc) is 2.30. The summed E-state index contributed by atoms with van der Waals surface area (Å²) >= 11 is 0. The lowest BCUT2D eigenvalue weighted by Crippen LogP contribution is -2.12. The first-order chi connectivity index (χ1) is 7.74. The molecule has 0 aliphatic heterocycles. The molecule has 0 heterocycles. The molecule has 0 saturated carbocycles. The van der Waals surface area contributed by atoms with Crippen LogP contribution in [0.4, 0.5) is 4.39 Å². The lowest BCUT2D eigenvalue weighted by atomic mass is 10.2. The normalized spacial score (nSPS) is 11.7. The van der Waals surface area contributed by atoms with Crippen molar-refractivity contribution in [3.63, 3.8) is 0 Å². The van der Waals surface area contributed by atoms with Crippen LogP contribution in [0, 0.1) is 5.82 Å². The maximum atomic E-state index is 13.1. The molecule has 0 unspecified atom stereocenters. The summed E-state index contributed by atoms with van der Waals surface area (Å²) in [6, 6.07) is 6.48. The molecule has 0 radical (unpaired) electrons. The molecule has 0 fully saturated rings. The molecule has 0 aliphatic carbocycles. The van der Waals surface area contributed by atoms with Crippen molar-refractivity contribution in [2.24, 2.45) is 10.9 Å². The molecule has 0 amide bonds. The summed E-state index contributed by atoms with van der Waals surface area (Å²) in [4.78, 5) is 0. The van der Waals surface area contributed by atoms with E-state index < -0.39 is 0 Å². The maximum Gasteiger partial charge on any atom is 0.139 e. The van der Waals surface area contributed by atoms with Crippen LogP contribution in [-0.2, 0) is 11.3 Å². The van der Waals surface area contributed by atoms with Gasteiger partial charge in [-0.15, -0.1) is 0 Å². The molecule has 0 saturated heterocycles. The number of ether oxygens (including phenoxy) is 1. The van der Waals surface area contributed by atoms with E-state index in [0.29, 0.717) is 25.0 Å². The third-order valence-electron chi connectivity index (χ3n) is 2.07. The Morgan fingerprint density at radius 1 is 1.44 bits per heavy atom. The Morgan fingerprint density at radius 3 is 2.88 bits per heavy atom. The van der Waals surface area contributed by atoms with Crippen LogP contribution in [0.5, 0.6) is 0 Å². The second-order valence-electron chi connectivity index (χ2n) is 3.34. The molecule has 0 bridgehead atoms. The molecule has 1 aromatic rings. The number of hydrogen-bond acceptors (Lipinski definition) is 3. The van der Waals surface area contributed by atoms with Crippen molar-refractivity contribution in [3.8, 4) is 0 Å². The molecule has 4 nitrogen and oxygen atoms in total. The van der Waals surface area contributed by atoms with Gasteiger partial charge in [0.15, 0.2) is 0 Å². The molecule has 16 heavy (non-hydrogen) atoms. The molecule has 0 spiro atoms. The van der Waals surface area contributed by atoms with Crippen LogP contribution in [0.3, 0.4) is 0 Å². The Labute approximate surface area is 93.5 Å². The van der Waals surface area contributed by atoms with Gasteiger partial charge in [0.2, 0.25) is 0 Å². The highest BCUT2D eigenvalue weighted by Gasteiger charge is 2.00. The van der Waals surface area contributed by atoms with Crippen molar-refractivity contribution in [1.29, 1.82) is 0 Å². The van der Waals surface area contributed by atoms with Crippen LogP contribution >= 0.6 is 0 Å². The van der Waals surface area contributed by atoms with E-state index in [9.17, 15) is 4.39 Å². The first kappa shape index (κ1) is 12.4. The minimum atomic E-state index is -0.265. The van der Waals surface area contributed by atoms with E-state index in [2.05, 4.69) is 5.16 Å². The topological polar surface area (TPSA) is 67.8 Å². The minimum Gasteiger partial charge on any atom is -0.409 e. The molecular formula is C11H15FN2O2. The van der Waals surface area contributed by atoms with E-state index >= 15 is 0 Å². The van der Waals surface area contributed by atoms with Crippen molar-refractivity contribution in [2.45, 2.75) is 19.4 Å². The van der Waals surface area contributed by atoms with Crippen LogP contribution in [0.2, 0.25) is 0 Å². The van der Waals surface area contributed by atoms with Crippen LogP contribution in [0.25, 0.3) is 0 Å². The number of oxime groups is 1. The van der Waals surface area contributed by atoms with E-state index in [0.717, 1.165) is 0 Å². The predicted molar refractivity (Wildman–Crippen MR) is 58.7 cm³/mol. The summed E-state index contributed by atoms with van der Waals surface area (Å²) < 4.78 is 18.4. The van der Waals surface area contributed by atoms with Gasteiger partial charge in [0.25, 0.3) is 0 Å². The zero-order chi connectivity index (χ0) is 11.8. The molecule has 1 rings (SSSR count). The van der Waals surface area contributed by atoms with Crippen LogP contribution in [0.15, 0.2) is 29.4 Å². The van der Waals surface area contributed by atoms with Crippen molar-refractivity contribution in [2.75, 3.05) is 6.61 Å². The van der Waals surface area contributed by atoms with E-state index in [1.165, 1.54) is 6.07 Å². The SMILES string of the molecule is NC(CCCOCc1ccccc1F)=NO. The zero-order valence-corrected chi connectivity index (χ0v) is 8.90. The molecular weight excluding hydrogens is 211 g/mol. The lowest BCUT2D eigenvalue weighted by molar-refractivity contribution is 0.117. The van der Waals surface area contributed by atoms with Crippen molar-refractivity contribution >= 4 is 5.84 Å². The summed E-state index contributed by atoms with van der Waals surface area (Å²) in [6.07, 6.45) is 1.11. The highest BCUT2D eigenvalue weighted by molar-refractivity contribution is 5.79. The highest BCUT2D eigenvalue weighted by atomic mass is 19.1. The summed E-state index contributed by atoms with van der Waals surface area (Å²) in [5, 5.41) is 11.1. The smallest absolute Gasteiger partial charge is 0.139 e. The molecule has 0 aliphatic rings. The van der Waals surface area contributed by atoms with Crippen molar-refractivity contribution in [1.82, 2.24) is 0 Å². The fraction of sp³-hybridized carbons (Fsp3) is 0.364. The summed E-state index contributed by atoms with van der Waals surface area (Å²) in [6.45, 7) is 0.688. The quantitative estimate of drug-likeness (QED) is 0.256. The second kappa shape index (κ2) is 6.79. The monoisotopic (exact) mass is 226 g/mol. The van der Waals surface area contributed by atoms with Gasteiger partial charge in [0.1, 0.15) is 11.7 Å². The average molecular weight is 226 g/mol. The van der Waals surface area contributed by atoms with E-state index in [4.69, 9.17) is 15.7 Å². The van der Waals surface area contributed by atoms with Crippen LogP contribution in [-0.4, -0.2) is 17.6 Å². The minimum absolute atomic E-state index is 0.175. The van der Waals surface area contributed by atoms with Crippen LogP contribution < -0.4 is 5.73 Å². The Kier molecular flexibility index (Phi) is 5.28. The number of amidine groups is 1. The molecule has 0 aromatic heterocycles. The fourth-order valence-electron chi connectivity index (χ4n) is 1.20. The van der Waals surface area contributed by atoms with E-state index in [1.54, 1.807) is 18.2 Å². The Morgan fingerprint density at radius 2 is 2.19 bits per heavy atom. The molecule has 1 aromatic carbocycles. The second-order valence-corrected chi connectivity index (χ2v) is 3.34. The number of hydrogen-bond donors (Lipinski definition) is 2. The van der Waals surface area contributed by atoms with Gasteiger partial charge in [-0.25, -0.2) is 4.39 Å². The first-order valence-corrected chi connectivity index (χ1v) is 5.01. The Bertz CT molecular complexity index is 356.